The Morgan fingerprint density at radius 1 is 1.03 bits per heavy atom. The van der Waals surface area contributed by atoms with Gasteiger partial charge in [-0.1, -0.05) is 20.3 Å². The van der Waals surface area contributed by atoms with Crippen LogP contribution in [0.2, 0.25) is 0 Å². The number of aromatic nitrogens is 4. The van der Waals surface area contributed by atoms with Crippen LogP contribution in [0.5, 0.6) is 0 Å². The minimum atomic E-state index is -0.305. The molecule has 0 N–H and O–H groups in total. The van der Waals surface area contributed by atoms with Gasteiger partial charge in [0.15, 0.2) is 11.2 Å². The van der Waals surface area contributed by atoms with E-state index in [0.717, 1.165) is 38.3 Å². The number of fused-ring (bicyclic) bond motifs is 3. The minimum Gasteiger partial charge on any atom is -0.301 e. The van der Waals surface area contributed by atoms with E-state index in [9.17, 15) is 9.59 Å². The molecular formula is C21H33N7O2. The van der Waals surface area contributed by atoms with Crippen molar-refractivity contribution in [2.75, 3.05) is 31.2 Å². The maximum absolute atomic E-state index is 13.3. The van der Waals surface area contributed by atoms with Crippen molar-refractivity contribution in [3.8, 4) is 0 Å². The van der Waals surface area contributed by atoms with Crippen LogP contribution in [0.3, 0.4) is 0 Å². The van der Waals surface area contributed by atoms with Gasteiger partial charge in [0.1, 0.15) is 0 Å². The lowest BCUT2D eigenvalue weighted by Crippen LogP contribution is -2.40. The summed E-state index contributed by atoms with van der Waals surface area (Å²) in [4.78, 5) is 33.3. The molecule has 164 valence electrons. The summed E-state index contributed by atoms with van der Waals surface area (Å²) in [7, 11) is 1.70. The maximum atomic E-state index is 13.3. The number of hydrazone groups is 1. The normalized spacial score (nSPS) is 17.6. The van der Waals surface area contributed by atoms with Crippen molar-refractivity contribution in [3.05, 3.63) is 20.8 Å². The Kier molecular flexibility index (Phi) is 5.81. The summed E-state index contributed by atoms with van der Waals surface area (Å²) in [6.07, 6.45) is 4.59. The van der Waals surface area contributed by atoms with Crippen LogP contribution < -0.4 is 16.3 Å². The van der Waals surface area contributed by atoms with Crippen LogP contribution in [0.1, 0.15) is 46.5 Å². The van der Waals surface area contributed by atoms with Crippen molar-refractivity contribution in [2.24, 2.45) is 18.1 Å². The standard InChI is InChI=1S/C21H33N7O2/c1-15(2)8-11-26-19(29)17-18(24(4)21(26)30)22-20-27(17)14-16(3)23-28(20)13-12-25-9-6-5-7-10-25/h15H,5-14H2,1-4H3. The van der Waals surface area contributed by atoms with Crippen molar-refractivity contribution >= 4 is 22.8 Å². The van der Waals surface area contributed by atoms with Crippen molar-refractivity contribution in [1.29, 1.82) is 0 Å². The van der Waals surface area contributed by atoms with Gasteiger partial charge in [0.2, 0.25) is 5.95 Å². The number of nitrogens with zero attached hydrogens (tertiary/aromatic N) is 7. The maximum Gasteiger partial charge on any atom is 0.332 e. The molecule has 0 amide bonds. The summed E-state index contributed by atoms with van der Waals surface area (Å²) in [5.74, 6) is 1.07. The van der Waals surface area contributed by atoms with E-state index in [-0.39, 0.29) is 11.2 Å². The Bertz CT molecular complexity index is 1070. The predicted octanol–water partition coefficient (Wildman–Crippen LogP) is 1.62. The SMILES string of the molecule is CC1=NN(CCN2CCCCC2)c2nc3c(c(=O)n(CCC(C)C)c(=O)n3C)n2C1. The number of imidazole rings is 1. The number of likely N-dealkylation sites (tertiary alicyclic amines) is 1. The van der Waals surface area contributed by atoms with Crippen LogP contribution in [0, 0.1) is 5.92 Å². The number of piperidine rings is 1. The first-order chi connectivity index (χ1) is 14.4. The van der Waals surface area contributed by atoms with Crippen molar-refractivity contribution in [1.82, 2.24) is 23.6 Å². The summed E-state index contributed by atoms with van der Waals surface area (Å²) < 4.78 is 4.79. The molecule has 4 rings (SSSR count). The highest BCUT2D eigenvalue weighted by Gasteiger charge is 2.27. The molecule has 2 aliphatic rings. The van der Waals surface area contributed by atoms with Gasteiger partial charge >= 0.3 is 5.69 Å². The number of hydrogen-bond donors (Lipinski definition) is 0. The van der Waals surface area contributed by atoms with Crippen LogP contribution in [0.4, 0.5) is 5.95 Å². The summed E-state index contributed by atoms with van der Waals surface area (Å²) in [6, 6.07) is 0. The Hall–Kier alpha value is -2.42. The fraction of sp³-hybridized carbons (Fsp3) is 0.714. The second-order valence-corrected chi connectivity index (χ2v) is 9.01. The highest BCUT2D eigenvalue weighted by molar-refractivity contribution is 5.87. The van der Waals surface area contributed by atoms with E-state index < -0.39 is 0 Å². The molecule has 9 nitrogen and oxygen atoms in total. The quantitative estimate of drug-likeness (QED) is 0.716. The number of aryl methyl sites for hydroxylation is 1. The van der Waals surface area contributed by atoms with E-state index in [0.29, 0.717) is 36.1 Å². The van der Waals surface area contributed by atoms with Gasteiger partial charge in [-0.05, 0) is 45.2 Å². The van der Waals surface area contributed by atoms with Crippen LogP contribution in [0.15, 0.2) is 14.7 Å². The second-order valence-electron chi connectivity index (χ2n) is 9.01. The van der Waals surface area contributed by atoms with Gasteiger partial charge in [0.25, 0.3) is 5.56 Å². The molecule has 0 spiro atoms. The van der Waals surface area contributed by atoms with Crippen molar-refractivity contribution in [2.45, 2.75) is 59.5 Å². The van der Waals surface area contributed by atoms with Crippen LogP contribution >= 0.6 is 0 Å². The Balaban J connectivity index is 1.72. The lowest BCUT2D eigenvalue weighted by Gasteiger charge is -2.30. The van der Waals surface area contributed by atoms with Gasteiger partial charge in [-0.15, -0.1) is 0 Å². The molecule has 2 aliphatic heterocycles. The molecule has 1 saturated heterocycles. The summed E-state index contributed by atoms with van der Waals surface area (Å²) >= 11 is 0. The molecule has 4 heterocycles. The third-order valence-electron chi connectivity index (χ3n) is 6.13. The molecule has 1 fully saturated rings. The van der Waals surface area contributed by atoms with Crippen molar-refractivity contribution < 1.29 is 0 Å². The lowest BCUT2D eigenvalue weighted by atomic mass is 10.1. The van der Waals surface area contributed by atoms with E-state index >= 15 is 0 Å². The van der Waals surface area contributed by atoms with E-state index in [1.165, 1.54) is 28.4 Å². The lowest BCUT2D eigenvalue weighted by molar-refractivity contribution is 0.233. The largest absolute Gasteiger partial charge is 0.332 e. The molecule has 0 atom stereocenters. The highest BCUT2D eigenvalue weighted by atomic mass is 16.2. The zero-order valence-corrected chi connectivity index (χ0v) is 18.6. The smallest absolute Gasteiger partial charge is 0.301 e. The first kappa shape index (κ1) is 20.8. The number of hydrogen-bond acceptors (Lipinski definition) is 6. The van der Waals surface area contributed by atoms with Gasteiger partial charge < -0.3 is 4.90 Å². The van der Waals surface area contributed by atoms with Crippen LogP contribution in [-0.4, -0.2) is 55.5 Å². The molecule has 2 aromatic heterocycles. The van der Waals surface area contributed by atoms with Crippen molar-refractivity contribution in [3.63, 3.8) is 0 Å². The van der Waals surface area contributed by atoms with E-state index in [2.05, 4.69) is 18.7 Å². The third-order valence-corrected chi connectivity index (χ3v) is 6.13. The molecular weight excluding hydrogens is 382 g/mol. The topological polar surface area (TPSA) is 80.7 Å². The first-order valence-electron chi connectivity index (χ1n) is 11.1. The second kappa shape index (κ2) is 8.37. The Morgan fingerprint density at radius 3 is 2.47 bits per heavy atom. The molecule has 30 heavy (non-hydrogen) atoms. The monoisotopic (exact) mass is 415 g/mol. The van der Waals surface area contributed by atoms with E-state index in [1.807, 2.05) is 16.5 Å². The van der Waals surface area contributed by atoms with Gasteiger partial charge in [-0.2, -0.15) is 10.1 Å². The van der Waals surface area contributed by atoms with Gasteiger partial charge in [-0.3, -0.25) is 18.5 Å². The predicted molar refractivity (Wildman–Crippen MR) is 119 cm³/mol. The minimum absolute atomic E-state index is 0.252. The average molecular weight is 416 g/mol. The fourth-order valence-electron chi connectivity index (χ4n) is 4.37. The van der Waals surface area contributed by atoms with Gasteiger partial charge in [0.05, 0.1) is 18.8 Å². The zero-order valence-electron chi connectivity index (χ0n) is 18.6. The average Bonchev–Trinajstić information content (AvgIpc) is 3.10. The summed E-state index contributed by atoms with van der Waals surface area (Å²) in [5.41, 5.74) is 1.31. The molecule has 2 aromatic rings. The Morgan fingerprint density at radius 2 is 1.77 bits per heavy atom. The van der Waals surface area contributed by atoms with E-state index in [1.54, 1.807) is 7.05 Å². The van der Waals surface area contributed by atoms with Gasteiger partial charge in [0, 0.05) is 20.1 Å². The first-order valence-corrected chi connectivity index (χ1v) is 11.1. The zero-order chi connectivity index (χ0) is 21.4. The number of rotatable bonds is 6. The molecule has 0 aromatic carbocycles. The summed E-state index contributed by atoms with van der Waals surface area (Å²) in [5, 5.41) is 6.61. The molecule has 9 heteroatoms. The molecule has 0 saturated carbocycles. The Labute approximate surface area is 176 Å². The van der Waals surface area contributed by atoms with Gasteiger partial charge in [-0.25, -0.2) is 9.80 Å². The molecule has 0 bridgehead atoms. The summed E-state index contributed by atoms with van der Waals surface area (Å²) in [6.45, 7) is 11.0. The highest BCUT2D eigenvalue weighted by Crippen LogP contribution is 2.23. The van der Waals surface area contributed by atoms with Crippen LogP contribution in [-0.2, 0) is 20.1 Å². The molecule has 0 aliphatic carbocycles. The molecule has 0 radical (unpaired) electrons. The van der Waals surface area contributed by atoms with E-state index in [4.69, 9.17) is 10.1 Å². The third kappa shape index (κ3) is 3.82. The molecule has 0 unspecified atom stereocenters. The van der Waals surface area contributed by atoms with Crippen LogP contribution in [0.25, 0.3) is 11.2 Å². The fourth-order valence-corrected chi connectivity index (χ4v) is 4.37. The number of anilines is 1.